The van der Waals surface area contributed by atoms with Crippen LogP contribution < -0.4 is 5.32 Å². The molecule has 2 nitrogen and oxygen atoms in total. The van der Waals surface area contributed by atoms with Crippen molar-refractivity contribution in [3.63, 3.8) is 0 Å². The molecule has 16 heavy (non-hydrogen) atoms. The van der Waals surface area contributed by atoms with E-state index in [1.807, 2.05) is 36.4 Å². The summed E-state index contributed by atoms with van der Waals surface area (Å²) in [6.07, 6.45) is 5.93. The molecule has 1 aromatic carbocycles. The van der Waals surface area contributed by atoms with Crippen molar-refractivity contribution < 1.29 is 4.79 Å². The van der Waals surface area contributed by atoms with Gasteiger partial charge in [-0.05, 0) is 11.1 Å². The molecule has 2 heteroatoms. The highest BCUT2D eigenvalue weighted by atomic mass is 16.1. The first-order valence-electron chi connectivity index (χ1n) is 5.03. The summed E-state index contributed by atoms with van der Waals surface area (Å²) in [5.41, 5.74) is 1.93. The number of carbonyl (C=O) groups excluding carboxylic acids is 1. The van der Waals surface area contributed by atoms with Gasteiger partial charge in [-0.15, -0.1) is 0 Å². The molecule has 0 spiro atoms. The Labute approximate surface area is 96.0 Å². The monoisotopic (exact) mass is 213 g/mol. The first kappa shape index (κ1) is 12.0. The molecule has 1 unspecified atom stereocenters. The number of carbonyl (C=O) groups is 1. The van der Waals surface area contributed by atoms with Crippen LogP contribution in [0.5, 0.6) is 0 Å². The average Bonchev–Trinajstić information content (AvgIpc) is 2.35. The van der Waals surface area contributed by atoms with Gasteiger partial charge in [-0.25, -0.2) is 0 Å². The highest BCUT2D eigenvalue weighted by Gasteiger charge is 2.12. The van der Waals surface area contributed by atoms with Gasteiger partial charge in [0.05, 0.1) is 6.04 Å². The lowest BCUT2D eigenvalue weighted by Gasteiger charge is -2.17. The Morgan fingerprint density at radius 3 is 2.44 bits per heavy atom. The van der Waals surface area contributed by atoms with Crippen LogP contribution in [-0.2, 0) is 4.79 Å². The van der Waals surface area contributed by atoms with Gasteiger partial charge in [0.25, 0.3) is 0 Å². The lowest BCUT2D eigenvalue weighted by Crippen LogP contribution is -2.20. The van der Waals surface area contributed by atoms with Crippen LogP contribution in [-0.4, -0.2) is 6.41 Å². The van der Waals surface area contributed by atoms with Crippen LogP contribution in [0, 0.1) is 0 Å². The fourth-order valence-electron chi connectivity index (χ4n) is 1.52. The average molecular weight is 213 g/mol. The van der Waals surface area contributed by atoms with Gasteiger partial charge in [-0.3, -0.25) is 4.79 Å². The number of amides is 1. The summed E-state index contributed by atoms with van der Waals surface area (Å²) < 4.78 is 0. The lowest BCUT2D eigenvalue weighted by atomic mass is 9.98. The molecule has 0 aliphatic heterocycles. The molecule has 1 aromatic rings. The predicted molar refractivity (Wildman–Crippen MR) is 66.9 cm³/mol. The van der Waals surface area contributed by atoms with Gasteiger partial charge in [-0.2, -0.15) is 0 Å². The van der Waals surface area contributed by atoms with E-state index in [-0.39, 0.29) is 6.04 Å². The molecule has 1 amide bonds. The molecule has 1 atom stereocenters. The van der Waals surface area contributed by atoms with Crippen LogP contribution in [0.2, 0.25) is 0 Å². The fraction of sp³-hybridized carbons (Fsp3) is 0.0714. The molecular formula is C14H15NO. The predicted octanol–water partition coefficient (Wildman–Crippen LogP) is 2.77. The van der Waals surface area contributed by atoms with Gasteiger partial charge in [0.1, 0.15) is 0 Å². The summed E-state index contributed by atoms with van der Waals surface area (Å²) in [5.74, 6) is 0. The van der Waals surface area contributed by atoms with E-state index in [1.165, 1.54) is 0 Å². The van der Waals surface area contributed by atoms with Crippen molar-refractivity contribution >= 4 is 6.41 Å². The van der Waals surface area contributed by atoms with Gasteiger partial charge in [0.15, 0.2) is 0 Å². The minimum Gasteiger partial charge on any atom is -0.348 e. The topological polar surface area (TPSA) is 29.1 Å². The quantitative estimate of drug-likeness (QED) is 0.571. The van der Waals surface area contributed by atoms with Crippen molar-refractivity contribution in [3.05, 3.63) is 72.9 Å². The molecule has 82 valence electrons. The Balaban J connectivity index is 3.07. The van der Waals surface area contributed by atoms with Crippen molar-refractivity contribution in [2.45, 2.75) is 6.04 Å². The van der Waals surface area contributed by atoms with Gasteiger partial charge in [0, 0.05) is 0 Å². The number of rotatable bonds is 6. The van der Waals surface area contributed by atoms with Gasteiger partial charge in [0.2, 0.25) is 6.41 Å². The normalized spacial score (nSPS) is 12.6. The van der Waals surface area contributed by atoms with E-state index in [1.54, 1.807) is 12.2 Å². The molecule has 0 fully saturated rings. The second-order valence-electron chi connectivity index (χ2n) is 3.23. The third-order valence-electron chi connectivity index (χ3n) is 2.25. The summed E-state index contributed by atoms with van der Waals surface area (Å²) in [6, 6.07) is 9.55. The highest BCUT2D eigenvalue weighted by Crippen LogP contribution is 2.21. The van der Waals surface area contributed by atoms with E-state index in [2.05, 4.69) is 18.5 Å². The van der Waals surface area contributed by atoms with Crippen LogP contribution in [0.15, 0.2) is 67.3 Å². The van der Waals surface area contributed by atoms with E-state index in [0.717, 1.165) is 11.1 Å². The van der Waals surface area contributed by atoms with Crippen molar-refractivity contribution in [3.8, 4) is 0 Å². The van der Waals surface area contributed by atoms with Crippen LogP contribution in [0.25, 0.3) is 0 Å². The summed E-state index contributed by atoms with van der Waals surface area (Å²) in [6.45, 7) is 7.38. The maximum atomic E-state index is 10.6. The molecule has 0 bridgehead atoms. The molecule has 0 heterocycles. The number of benzene rings is 1. The maximum Gasteiger partial charge on any atom is 0.207 e. The fourth-order valence-corrected chi connectivity index (χ4v) is 1.52. The summed E-state index contributed by atoms with van der Waals surface area (Å²) in [4.78, 5) is 10.6. The SMILES string of the molecule is C=C/C=C(\C=C)C(NC=O)c1ccccc1. The molecule has 1 N–H and O–H groups in total. The van der Waals surface area contributed by atoms with Crippen LogP contribution in [0.1, 0.15) is 11.6 Å². The largest absolute Gasteiger partial charge is 0.348 e. The minimum absolute atomic E-state index is 0.172. The van der Waals surface area contributed by atoms with Crippen LogP contribution >= 0.6 is 0 Å². The minimum atomic E-state index is -0.172. The van der Waals surface area contributed by atoms with E-state index in [9.17, 15) is 4.79 Å². The number of hydrogen-bond acceptors (Lipinski definition) is 1. The molecule has 0 aliphatic rings. The van der Waals surface area contributed by atoms with E-state index < -0.39 is 0 Å². The molecular weight excluding hydrogens is 198 g/mol. The molecule has 0 saturated carbocycles. The zero-order valence-electron chi connectivity index (χ0n) is 9.10. The first-order valence-corrected chi connectivity index (χ1v) is 5.03. The summed E-state index contributed by atoms with van der Waals surface area (Å²) >= 11 is 0. The van der Waals surface area contributed by atoms with E-state index in [4.69, 9.17) is 0 Å². The number of hydrogen-bond donors (Lipinski definition) is 1. The molecule has 1 rings (SSSR count). The van der Waals surface area contributed by atoms with Gasteiger partial charge >= 0.3 is 0 Å². The van der Waals surface area contributed by atoms with Gasteiger partial charge in [-0.1, -0.05) is 61.7 Å². The van der Waals surface area contributed by atoms with Gasteiger partial charge < -0.3 is 5.32 Å². The molecule has 0 aromatic heterocycles. The summed E-state index contributed by atoms with van der Waals surface area (Å²) in [7, 11) is 0. The van der Waals surface area contributed by atoms with Crippen LogP contribution in [0.4, 0.5) is 0 Å². The standard InChI is InChI=1S/C14H15NO/c1-3-8-12(4-2)14(15-11-16)13-9-6-5-7-10-13/h3-11,14H,1-2H2,(H,15,16)/b12-8+. The lowest BCUT2D eigenvalue weighted by molar-refractivity contribution is -0.110. The maximum absolute atomic E-state index is 10.6. The zero-order valence-corrected chi connectivity index (χ0v) is 9.10. The Hall–Kier alpha value is -2.09. The van der Waals surface area contributed by atoms with Crippen LogP contribution in [0.3, 0.4) is 0 Å². The smallest absolute Gasteiger partial charge is 0.207 e. The van der Waals surface area contributed by atoms with Crippen molar-refractivity contribution in [2.24, 2.45) is 0 Å². The highest BCUT2D eigenvalue weighted by molar-refractivity contribution is 5.51. The van der Waals surface area contributed by atoms with E-state index in [0.29, 0.717) is 6.41 Å². The Morgan fingerprint density at radius 1 is 1.25 bits per heavy atom. The van der Waals surface area contributed by atoms with Crippen molar-refractivity contribution in [1.82, 2.24) is 5.32 Å². The third kappa shape index (κ3) is 2.95. The summed E-state index contributed by atoms with van der Waals surface area (Å²) in [5, 5.41) is 2.77. The number of allylic oxidation sites excluding steroid dienone is 2. The molecule has 0 aliphatic carbocycles. The Bertz CT molecular complexity index is 392. The zero-order chi connectivity index (χ0) is 11.8. The number of nitrogens with one attached hydrogen (secondary N) is 1. The third-order valence-corrected chi connectivity index (χ3v) is 2.25. The second-order valence-corrected chi connectivity index (χ2v) is 3.23. The van der Waals surface area contributed by atoms with Crippen molar-refractivity contribution in [2.75, 3.05) is 0 Å². The second kappa shape index (κ2) is 6.40. The first-order chi connectivity index (χ1) is 7.83. The molecule has 0 radical (unpaired) electrons. The Kier molecular flexibility index (Phi) is 4.80. The van der Waals surface area contributed by atoms with E-state index >= 15 is 0 Å². The molecule has 0 saturated heterocycles. The Morgan fingerprint density at radius 2 is 1.94 bits per heavy atom. The van der Waals surface area contributed by atoms with Crippen molar-refractivity contribution in [1.29, 1.82) is 0 Å².